The van der Waals surface area contributed by atoms with E-state index < -0.39 is 45.9 Å². The molecule has 0 spiro atoms. The Balaban J connectivity index is 0.000000238. The van der Waals surface area contributed by atoms with Crippen LogP contribution in [0.2, 0.25) is 29.0 Å². The Labute approximate surface area is 571 Å². The zero-order valence-electron chi connectivity index (χ0n) is 50.9. The Morgan fingerprint density at radius 2 is 0.733 bits per heavy atom. The van der Waals surface area contributed by atoms with Gasteiger partial charge in [0.15, 0.2) is 0 Å². The van der Waals surface area contributed by atoms with Crippen LogP contribution in [0.5, 0.6) is 0 Å². The molecule has 478 valence electrons. The number of para-hydroxylation sites is 2. The quantitative estimate of drug-likeness (QED) is 0.0235. The van der Waals surface area contributed by atoms with Gasteiger partial charge in [-0.1, -0.05) is 226 Å². The minimum absolute atomic E-state index is 0. The van der Waals surface area contributed by atoms with Crippen LogP contribution in [-0.2, 0) is 25.4 Å². The summed E-state index contributed by atoms with van der Waals surface area (Å²) in [6, 6.07) is 73.7. The first kappa shape index (κ1) is 77.6. The second-order valence-corrected chi connectivity index (χ2v) is 40.9. The molecule has 0 N–H and O–H groups in total. The predicted molar refractivity (Wildman–Crippen MR) is 389 cm³/mol. The first-order valence-corrected chi connectivity index (χ1v) is 44.9. The standard InChI is InChI=1S/2C18H15P.C12H10ClFN2O.C8H3Cl2FN2.C4H7O.3C4H9.CH4.2ClH.Pd.Sn/c2*1-4-10-16(11-5-1)19(17-12-6-2-7-13-17)18-14-8-3-9-15-18;1-3-17-7(2)10-8-5-4-6-9(14)11(8)16-12(13)15-10;9-7-4-2-1-3-5(11)6(4)12-8(10)13-7;1-3-5-4-2;3*1-3-4-2;;;;;/h2*1-15H;4-6H,2-3H2,1H3;1-3H;1,4H2,2H3;3*1,3-4H2,2H3;1H4;2*1H;;/q;;;;;;;;;;;+2;/p-2. The van der Waals surface area contributed by atoms with Crippen molar-refractivity contribution in [2.75, 3.05) is 13.2 Å². The van der Waals surface area contributed by atoms with E-state index in [4.69, 9.17) is 63.3 Å². The number of halogens is 7. The molecule has 0 aliphatic heterocycles. The van der Waals surface area contributed by atoms with E-state index in [2.05, 4.69) is 243 Å². The molecule has 0 atom stereocenters. The molecule has 0 fully saturated rings. The van der Waals surface area contributed by atoms with Gasteiger partial charge in [-0.3, -0.25) is 0 Å². The molecule has 17 heteroatoms. The van der Waals surface area contributed by atoms with Crippen molar-refractivity contribution in [1.82, 2.24) is 19.9 Å². The summed E-state index contributed by atoms with van der Waals surface area (Å²) in [6.07, 6.45) is 8.10. The normalized spacial score (nSPS) is 10.6. The monoisotopic (exact) mass is 1550 g/mol. The maximum atomic E-state index is 13.6. The van der Waals surface area contributed by atoms with E-state index in [1.165, 1.54) is 99.6 Å². The van der Waals surface area contributed by atoms with E-state index in [1.54, 1.807) is 24.3 Å². The summed E-state index contributed by atoms with van der Waals surface area (Å²) in [4.78, 5) is 15.3. The Morgan fingerprint density at radius 1 is 0.433 bits per heavy atom. The van der Waals surface area contributed by atoms with Crippen molar-refractivity contribution in [1.29, 1.82) is 0 Å². The number of hydrogen-bond donors (Lipinski definition) is 0. The van der Waals surface area contributed by atoms with Gasteiger partial charge in [0.25, 0.3) is 0 Å². The molecule has 6 nitrogen and oxygen atoms in total. The van der Waals surface area contributed by atoms with Crippen LogP contribution in [0.1, 0.15) is 86.3 Å². The zero-order valence-corrected chi connectivity index (χ0v) is 60.9. The van der Waals surface area contributed by atoms with Crippen LogP contribution >= 0.6 is 69.7 Å². The van der Waals surface area contributed by atoms with E-state index in [-0.39, 0.29) is 50.1 Å². The average molecular weight is 1550 g/mol. The van der Waals surface area contributed by atoms with Crippen LogP contribution in [0, 0.1) is 11.6 Å². The number of nitrogens with zero attached hydrogens (tertiary/aromatic N) is 4. The fourth-order valence-corrected chi connectivity index (χ4v) is 29.5. The van der Waals surface area contributed by atoms with Gasteiger partial charge < -0.3 is 4.74 Å². The smallest absolute Gasteiger partial charge is 0.0134 e. The van der Waals surface area contributed by atoms with Crippen molar-refractivity contribution in [2.24, 2.45) is 0 Å². The molecule has 0 radical (unpaired) electrons. The molecule has 0 aliphatic carbocycles. The summed E-state index contributed by atoms with van der Waals surface area (Å²) < 4.78 is 43.5. The molecule has 0 amide bonds. The number of aromatic nitrogens is 4. The van der Waals surface area contributed by atoms with Crippen molar-refractivity contribution >= 4 is 147 Å². The van der Waals surface area contributed by atoms with Crippen LogP contribution in [0.3, 0.4) is 0 Å². The zero-order chi connectivity index (χ0) is 64.2. The minimum Gasteiger partial charge on any atom is -0.0622 e. The molecule has 0 saturated heterocycles. The minimum atomic E-state index is -2.24. The number of hydrogen-bond acceptors (Lipinski definition) is 6. The molecule has 10 rings (SSSR count). The number of unbranched alkanes of at least 4 members (excludes halogenated alkanes) is 3. The van der Waals surface area contributed by atoms with Gasteiger partial charge in [0.05, 0.1) is 6.61 Å². The molecule has 8 aromatic carbocycles. The van der Waals surface area contributed by atoms with E-state index in [9.17, 15) is 8.78 Å². The molecule has 2 aromatic heterocycles. The van der Waals surface area contributed by atoms with Crippen molar-refractivity contribution in [2.45, 2.75) is 93.9 Å². The number of benzene rings is 8. The van der Waals surface area contributed by atoms with E-state index in [0.29, 0.717) is 28.8 Å². The van der Waals surface area contributed by atoms with Crippen molar-refractivity contribution in [3.05, 3.63) is 268 Å². The van der Waals surface area contributed by atoms with Gasteiger partial charge in [0.2, 0.25) is 10.6 Å². The van der Waals surface area contributed by atoms with Crippen LogP contribution < -0.4 is 31.8 Å². The molecule has 0 unspecified atom stereocenters. The second-order valence-electron chi connectivity index (χ2n) is 19.9. The second kappa shape index (κ2) is 43.9. The molecule has 2 heterocycles. The molecule has 0 saturated carbocycles. The Morgan fingerprint density at radius 3 is 1.04 bits per heavy atom. The largest absolute Gasteiger partial charge is 0.0622 e. The molecule has 90 heavy (non-hydrogen) atoms. The Hall–Kier alpha value is -4.85. The van der Waals surface area contributed by atoms with Gasteiger partial charge in [-0.05, 0) is 96.0 Å². The first-order valence-electron chi connectivity index (χ1n) is 29.6. The van der Waals surface area contributed by atoms with Crippen LogP contribution in [0.15, 0.2) is 235 Å². The van der Waals surface area contributed by atoms with E-state index in [0.717, 1.165) is 6.61 Å². The van der Waals surface area contributed by atoms with Gasteiger partial charge >= 0.3 is 155 Å². The molecule has 0 bridgehead atoms. The number of ether oxygens (including phenoxy) is 2. The predicted octanol–water partition coefficient (Wildman–Crippen LogP) is 21.3. The van der Waals surface area contributed by atoms with Gasteiger partial charge in [0, 0.05) is 10.8 Å². The fourth-order valence-electron chi connectivity index (χ4n) is 9.62. The first-order chi connectivity index (χ1) is 43.3. The molecular formula is C73H81Cl5F2N4O2P2PdSn. The maximum absolute atomic E-state index is 13.6. The number of fused-ring (bicyclic) bond motifs is 2. The molecule has 10 aromatic rings. The third-order valence-electron chi connectivity index (χ3n) is 13.9. The van der Waals surface area contributed by atoms with Gasteiger partial charge in [-0.25, -0.2) is 28.7 Å². The summed E-state index contributed by atoms with van der Waals surface area (Å²) in [5.74, 6) is -0.548. The van der Waals surface area contributed by atoms with Crippen molar-refractivity contribution in [3.63, 3.8) is 0 Å². The van der Waals surface area contributed by atoms with Gasteiger partial charge in [0.1, 0.15) is 39.3 Å². The van der Waals surface area contributed by atoms with E-state index in [1.807, 2.05) is 6.92 Å². The number of rotatable bonds is 21. The molecule has 0 aliphatic rings. The van der Waals surface area contributed by atoms with E-state index >= 15 is 0 Å². The summed E-state index contributed by atoms with van der Waals surface area (Å²) in [5.41, 5.74) is 0.734. The molecular weight excluding hydrogens is 1470 g/mol. The van der Waals surface area contributed by atoms with Gasteiger partial charge in [-0.2, -0.15) is 0 Å². The SMILES string of the molecule is C.C=C(OCC)c1nc(Cl)nc2c(F)cccc12.C=[C](OCC)[Sn]([CH2]CCC)([CH2]CCC)[CH2]CCC.Fc1cccc2c(Cl)nc(Cl)nc12.[Cl][Pd][Cl].c1ccc(P(c2ccccc2)c2ccccc2)cc1.c1ccc(P(c2ccccc2)c2ccccc2)cc1. The Bertz CT molecular complexity index is 3320. The Kier molecular flexibility index (Phi) is 37.8. The van der Waals surface area contributed by atoms with Gasteiger partial charge in [-0.15, -0.1) is 0 Å². The summed E-state index contributed by atoms with van der Waals surface area (Å²) in [5, 5.41) is 9.47. The third kappa shape index (κ3) is 24.9. The van der Waals surface area contributed by atoms with Crippen LogP contribution in [-0.4, -0.2) is 51.5 Å². The summed E-state index contributed by atoms with van der Waals surface area (Å²) in [7, 11) is 8.74. The van der Waals surface area contributed by atoms with Crippen LogP contribution in [0.4, 0.5) is 8.78 Å². The summed E-state index contributed by atoms with van der Waals surface area (Å²) in [6.45, 7) is 20.2. The topological polar surface area (TPSA) is 70.0 Å². The van der Waals surface area contributed by atoms with Crippen LogP contribution in [0.25, 0.3) is 27.6 Å². The maximum Gasteiger partial charge on any atom is -0.0134 e. The third-order valence-corrected chi connectivity index (χ3v) is 34.4. The van der Waals surface area contributed by atoms with Crippen molar-refractivity contribution < 1.29 is 34.2 Å². The van der Waals surface area contributed by atoms with Crippen molar-refractivity contribution in [3.8, 4) is 0 Å². The fraction of sp³-hybridized carbons (Fsp3) is 0.233. The average Bonchev–Trinajstić information content (AvgIpc) is 1.20. The summed E-state index contributed by atoms with van der Waals surface area (Å²) >= 11 is 14.7.